The fourth-order valence-electron chi connectivity index (χ4n) is 6.66. The Morgan fingerprint density at radius 3 is 2.10 bits per heavy atom. The number of fused-ring (bicyclic) bond motifs is 10. The van der Waals surface area contributed by atoms with Crippen LogP contribution in [-0.4, -0.2) is 15.3 Å². The van der Waals surface area contributed by atoms with Gasteiger partial charge in [-0.25, -0.2) is 0 Å². The zero-order valence-corrected chi connectivity index (χ0v) is 21.5. The molecule has 2 aromatic heterocycles. The van der Waals surface area contributed by atoms with Crippen LogP contribution < -0.4 is 0 Å². The maximum Gasteiger partial charge on any atom is 0.196 e. The number of nitrogens with zero attached hydrogens (tertiary/aromatic N) is 1. The standard InChI is InChI=1S/C37H22N2O/c40-37-30-12-5-4-10-25(30)28-17-18-29-31-20-22(15-19-32(31)38-36(29)35(28)37)23-14-16-27-26-11-6-7-13-33(26)39(34(27)21-23)24-8-2-1-3-9-24/h1-21,38H. The molecule has 0 radical (unpaired) electrons. The second-order valence-corrected chi connectivity index (χ2v) is 10.6. The van der Waals surface area contributed by atoms with Crippen molar-refractivity contribution in [3.8, 4) is 27.9 Å². The molecule has 1 N–H and O–H groups in total. The van der Waals surface area contributed by atoms with Crippen LogP contribution in [0.25, 0.3) is 71.6 Å². The quantitative estimate of drug-likeness (QED) is 0.247. The lowest BCUT2D eigenvalue weighted by Crippen LogP contribution is -1.95. The fraction of sp³-hybridized carbons (Fsp3) is 0. The van der Waals surface area contributed by atoms with Crippen LogP contribution in [0.1, 0.15) is 15.9 Å². The van der Waals surface area contributed by atoms with Crippen molar-refractivity contribution in [3.05, 3.63) is 139 Å². The molecular formula is C37H22N2O. The molecule has 0 saturated heterocycles. The summed E-state index contributed by atoms with van der Waals surface area (Å²) in [7, 11) is 0. The van der Waals surface area contributed by atoms with E-state index in [2.05, 4.69) is 113 Å². The van der Waals surface area contributed by atoms with E-state index >= 15 is 0 Å². The minimum Gasteiger partial charge on any atom is -0.354 e. The number of carbonyl (C=O) groups is 1. The first-order chi connectivity index (χ1) is 19.8. The molecule has 0 fully saturated rings. The van der Waals surface area contributed by atoms with Crippen molar-refractivity contribution >= 4 is 49.4 Å². The van der Waals surface area contributed by atoms with E-state index < -0.39 is 0 Å². The van der Waals surface area contributed by atoms with Crippen molar-refractivity contribution in [1.29, 1.82) is 0 Å². The number of H-pyrrole nitrogens is 1. The third-order valence-electron chi connectivity index (χ3n) is 8.49. The van der Waals surface area contributed by atoms with Crippen LogP contribution in [0.5, 0.6) is 0 Å². The number of rotatable bonds is 2. The number of para-hydroxylation sites is 2. The third kappa shape index (κ3) is 2.81. The normalized spacial score (nSPS) is 12.6. The van der Waals surface area contributed by atoms with Crippen molar-refractivity contribution < 1.29 is 4.79 Å². The summed E-state index contributed by atoms with van der Waals surface area (Å²) in [5, 5.41) is 4.70. The van der Waals surface area contributed by atoms with Crippen LogP contribution >= 0.6 is 0 Å². The molecule has 0 amide bonds. The highest BCUT2D eigenvalue weighted by Gasteiger charge is 2.29. The van der Waals surface area contributed by atoms with Crippen LogP contribution in [0.2, 0.25) is 0 Å². The Bertz CT molecular complexity index is 2340. The van der Waals surface area contributed by atoms with Gasteiger partial charge in [0.1, 0.15) is 0 Å². The van der Waals surface area contributed by atoms with Gasteiger partial charge in [-0.3, -0.25) is 4.79 Å². The zero-order valence-electron chi connectivity index (χ0n) is 21.5. The molecule has 3 heteroatoms. The van der Waals surface area contributed by atoms with Gasteiger partial charge < -0.3 is 9.55 Å². The predicted molar refractivity (Wildman–Crippen MR) is 164 cm³/mol. The largest absolute Gasteiger partial charge is 0.354 e. The highest BCUT2D eigenvalue weighted by atomic mass is 16.1. The van der Waals surface area contributed by atoms with Gasteiger partial charge in [-0.1, -0.05) is 91.0 Å². The Morgan fingerprint density at radius 2 is 1.20 bits per heavy atom. The third-order valence-corrected chi connectivity index (χ3v) is 8.49. The Labute approximate surface area is 229 Å². The Hall–Kier alpha value is -5.41. The molecule has 186 valence electrons. The number of nitrogens with one attached hydrogen (secondary N) is 1. The van der Waals surface area contributed by atoms with Gasteiger partial charge in [0.05, 0.1) is 22.1 Å². The van der Waals surface area contributed by atoms with Crippen molar-refractivity contribution in [3.63, 3.8) is 0 Å². The van der Waals surface area contributed by atoms with E-state index in [-0.39, 0.29) is 5.78 Å². The van der Waals surface area contributed by atoms with Crippen LogP contribution in [0, 0.1) is 0 Å². The van der Waals surface area contributed by atoms with Gasteiger partial charge in [0.15, 0.2) is 5.78 Å². The SMILES string of the molecule is O=C1c2ccccc2-c2ccc3c([nH]c4ccc(-c5ccc6c7ccccc7n(-c7ccccc7)c6c5)cc43)c21. The molecule has 2 heterocycles. The van der Waals surface area contributed by atoms with Gasteiger partial charge in [0.2, 0.25) is 0 Å². The number of carbonyl (C=O) groups excluding carboxylic acids is 1. The lowest BCUT2D eigenvalue weighted by Gasteiger charge is -2.09. The van der Waals surface area contributed by atoms with Crippen molar-refractivity contribution in [1.82, 2.24) is 9.55 Å². The summed E-state index contributed by atoms with van der Waals surface area (Å²) in [5.74, 6) is 0.0992. The van der Waals surface area contributed by atoms with Gasteiger partial charge in [-0.15, -0.1) is 0 Å². The van der Waals surface area contributed by atoms with Crippen LogP contribution in [-0.2, 0) is 0 Å². The van der Waals surface area contributed by atoms with E-state index in [9.17, 15) is 4.79 Å². The summed E-state index contributed by atoms with van der Waals surface area (Å²) in [4.78, 5) is 17.0. The molecular weight excluding hydrogens is 488 g/mol. The fourth-order valence-corrected chi connectivity index (χ4v) is 6.66. The summed E-state index contributed by atoms with van der Waals surface area (Å²) in [6.45, 7) is 0. The summed E-state index contributed by atoms with van der Waals surface area (Å²) in [6, 6.07) is 44.6. The number of aromatic amines is 1. The first-order valence-electron chi connectivity index (χ1n) is 13.6. The highest BCUT2D eigenvalue weighted by molar-refractivity contribution is 6.29. The predicted octanol–water partition coefficient (Wildman–Crippen LogP) is 9.30. The monoisotopic (exact) mass is 510 g/mol. The maximum atomic E-state index is 13.4. The van der Waals surface area contributed by atoms with E-state index in [1.165, 1.54) is 21.8 Å². The number of benzene rings is 6. The van der Waals surface area contributed by atoms with Crippen LogP contribution in [0.3, 0.4) is 0 Å². The molecule has 0 unspecified atom stereocenters. The second-order valence-electron chi connectivity index (χ2n) is 10.6. The van der Waals surface area contributed by atoms with E-state index in [0.717, 1.165) is 60.9 Å². The molecule has 1 aliphatic rings. The van der Waals surface area contributed by atoms with Crippen molar-refractivity contribution in [2.75, 3.05) is 0 Å². The molecule has 40 heavy (non-hydrogen) atoms. The van der Waals surface area contributed by atoms with E-state index in [1.807, 2.05) is 24.3 Å². The number of hydrogen-bond donors (Lipinski definition) is 1. The molecule has 0 atom stereocenters. The van der Waals surface area contributed by atoms with Crippen molar-refractivity contribution in [2.45, 2.75) is 0 Å². The average molecular weight is 511 g/mol. The number of hydrogen-bond acceptors (Lipinski definition) is 1. The molecule has 0 spiro atoms. The summed E-state index contributed by atoms with van der Waals surface area (Å²) in [6.07, 6.45) is 0. The lowest BCUT2D eigenvalue weighted by molar-refractivity contribution is 0.104. The molecule has 6 aromatic carbocycles. The Morgan fingerprint density at radius 1 is 0.500 bits per heavy atom. The average Bonchev–Trinajstić information content (AvgIpc) is 3.65. The molecule has 0 saturated carbocycles. The first kappa shape index (κ1) is 21.5. The summed E-state index contributed by atoms with van der Waals surface area (Å²) < 4.78 is 2.35. The molecule has 1 aliphatic carbocycles. The number of ketones is 1. The zero-order chi connectivity index (χ0) is 26.4. The minimum atomic E-state index is 0.0992. The first-order valence-corrected chi connectivity index (χ1v) is 13.6. The van der Waals surface area contributed by atoms with E-state index in [0.29, 0.717) is 0 Å². The molecule has 3 nitrogen and oxygen atoms in total. The van der Waals surface area contributed by atoms with Gasteiger partial charge in [0.25, 0.3) is 0 Å². The van der Waals surface area contributed by atoms with Crippen LogP contribution in [0.4, 0.5) is 0 Å². The minimum absolute atomic E-state index is 0.0992. The molecule has 8 aromatic rings. The number of aromatic nitrogens is 2. The van der Waals surface area contributed by atoms with E-state index in [1.54, 1.807) is 0 Å². The molecule has 0 aliphatic heterocycles. The lowest BCUT2D eigenvalue weighted by atomic mass is 9.99. The van der Waals surface area contributed by atoms with Crippen molar-refractivity contribution in [2.24, 2.45) is 0 Å². The van der Waals surface area contributed by atoms with Gasteiger partial charge in [0, 0.05) is 38.3 Å². The maximum absolute atomic E-state index is 13.4. The topological polar surface area (TPSA) is 37.8 Å². The molecule has 0 bridgehead atoms. The highest BCUT2D eigenvalue weighted by Crippen LogP contribution is 2.42. The van der Waals surface area contributed by atoms with Crippen LogP contribution in [0.15, 0.2) is 127 Å². The Kier molecular flexibility index (Phi) is 4.20. The van der Waals surface area contributed by atoms with Gasteiger partial charge in [-0.2, -0.15) is 0 Å². The second kappa shape index (κ2) is 7.81. The molecule has 9 rings (SSSR count). The summed E-state index contributed by atoms with van der Waals surface area (Å²) >= 11 is 0. The summed E-state index contributed by atoms with van der Waals surface area (Å²) in [5.41, 5.74) is 11.4. The smallest absolute Gasteiger partial charge is 0.196 e. The Balaban J connectivity index is 1.26. The van der Waals surface area contributed by atoms with E-state index in [4.69, 9.17) is 0 Å². The van der Waals surface area contributed by atoms with Gasteiger partial charge >= 0.3 is 0 Å². The van der Waals surface area contributed by atoms with Gasteiger partial charge in [-0.05, 0) is 58.7 Å².